The molecular formula is C14H20ClNO. The lowest BCUT2D eigenvalue weighted by Gasteiger charge is -2.26. The number of hydrogen-bond acceptors (Lipinski definition) is 2. The fraction of sp³-hybridized carbons (Fsp3) is 0.429. The van der Waals surface area contributed by atoms with E-state index >= 15 is 0 Å². The van der Waals surface area contributed by atoms with Gasteiger partial charge in [0.2, 0.25) is 0 Å². The van der Waals surface area contributed by atoms with Crippen LogP contribution >= 0.6 is 12.4 Å². The van der Waals surface area contributed by atoms with Gasteiger partial charge in [0.1, 0.15) is 0 Å². The number of fused-ring (bicyclic) bond motifs is 1. The highest BCUT2D eigenvalue weighted by molar-refractivity contribution is 5.85. The molecule has 0 aliphatic carbocycles. The molecular weight excluding hydrogens is 234 g/mol. The summed E-state index contributed by atoms with van der Waals surface area (Å²) in [5, 5.41) is 3.39. The summed E-state index contributed by atoms with van der Waals surface area (Å²) in [7, 11) is 0. The van der Waals surface area contributed by atoms with Crippen LogP contribution in [0.25, 0.3) is 0 Å². The van der Waals surface area contributed by atoms with E-state index < -0.39 is 0 Å². The standard InChI is InChI=1S/C14H19NO.ClH/c1-2-3-9-15-11-14-13-7-5-4-6-12(13)8-10-16-14;/h2-7,14-15H,8-11H2,1H3;1H/b3-2+;. The van der Waals surface area contributed by atoms with Crippen LogP contribution in [0, 0.1) is 0 Å². The Morgan fingerprint density at radius 3 is 3.06 bits per heavy atom. The third-order valence-electron chi connectivity index (χ3n) is 2.92. The average Bonchev–Trinajstić information content (AvgIpc) is 2.35. The van der Waals surface area contributed by atoms with Gasteiger partial charge in [-0.1, -0.05) is 36.4 Å². The molecule has 1 heterocycles. The third-order valence-corrected chi connectivity index (χ3v) is 2.92. The van der Waals surface area contributed by atoms with E-state index in [4.69, 9.17) is 4.74 Å². The van der Waals surface area contributed by atoms with E-state index in [2.05, 4.69) is 41.7 Å². The molecule has 0 saturated carbocycles. The highest BCUT2D eigenvalue weighted by Gasteiger charge is 2.19. The summed E-state index contributed by atoms with van der Waals surface area (Å²) in [5.74, 6) is 0. The lowest BCUT2D eigenvalue weighted by atomic mass is 9.97. The second kappa shape index (κ2) is 7.49. The second-order valence-electron chi connectivity index (χ2n) is 4.04. The molecule has 0 radical (unpaired) electrons. The smallest absolute Gasteiger partial charge is 0.0952 e. The molecule has 94 valence electrons. The quantitative estimate of drug-likeness (QED) is 0.658. The maximum absolute atomic E-state index is 5.80. The van der Waals surface area contributed by atoms with Crippen molar-refractivity contribution < 1.29 is 4.74 Å². The van der Waals surface area contributed by atoms with Crippen LogP contribution in [-0.2, 0) is 11.2 Å². The van der Waals surface area contributed by atoms with Gasteiger partial charge in [0.05, 0.1) is 12.7 Å². The number of benzene rings is 1. The van der Waals surface area contributed by atoms with Crippen molar-refractivity contribution in [3.05, 3.63) is 47.5 Å². The van der Waals surface area contributed by atoms with Gasteiger partial charge in [-0.2, -0.15) is 0 Å². The van der Waals surface area contributed by atoms with Crippen LogP contribution in [0.5, 0.6) is 0 Å². The number of allylic oxidation sites excluding steroid dienone is 1. The van der Waals surface area contributed by atoms with Gasteiger partial charge >= 0.3 is 0 Å². The number of nitrogens with one attached hydrogen (secondary N) is 1. The molecule has 1 aromatic rings. The molecule has 1 aliphatic rings. The van der Waals surface area contributed by atoms with Crippen LogP contribution in [-0.4, -0.2) is 19.7 Å². The predicted octanol–water partition coefficient (Wildman–Crippen LogP) is 2.89. The van der Waals surface area contributed by atoms with Crippen LogP contribution in [0.2, 0.25) is 0 Å². The summed E-state index contributed by atoms with van der Waals surface area (Å²) in [4.78, 5) is 0. The largest absolute Gasteiger partial charge is 0.372 e. The number of ether oxygens (including phenoxy) is 1. The first-order valence-electron chi connectivity index (χ1n) is 5.93. The molecule has 1 aliphatic heterocycles. The van der Waals surface area contributed by atoms with Crippen LogP contribution in [0.3, 0.4) is 0 Å². The predicted molar refractivity (Wildman–Crippen MR) is 73.8 cm³/mol. The maximum atomic E-state index is 5.80. The molecule has 0 aromatic heterocycles. The molecule has 2 nitrogen and oxygen atoms in total. The highest BCUT2D eigenvalue weighted by Crippen LogP contribution is 2.25. The Morgan fingerprint density at radius 1 is 1.41 bits per heavy atom. The zero-order valence-electron chi connectivity index (χ0n) is 10.2. The van der Waals surface area contributed by atoms with Gasteiger partial charge in [0, 0.05) is 13.1 Å². The van der Waals surface area contributed by atoms with E-state index in [1.54, 1.807) is 0 Å². The Hall–Kier alpha value is -0.830. The van der Waals surface area contributed by atoms with Gasteiger partial charge in [0.15, 0.2) is 0 Å². The molecule has 1 unspecified atom stereocenters. The molecule has 0 spiro atoms. The van der Waals surface area contributed by atoms with E-state index in [1.165, 1.54) is 11.1 Å². The van der Waals surface area contributed by atoms with E-state index in [0.29, 0.717) is 0 Å². The summed E-state index contributed by atoms with van der Waals surface area (Å²) in [5.41, 5.74) is 2.79. The van der Waals surface area contributed by atoms with Gasteiger partial charge in [-0.25, -0.2) is 0 Å². The molecule has 0 amide bonds. The van der Waals surface area contributed by atoms with Crippen LogP contribution in [0.4, 0.5) is 0 Å². The molecule has 0 saturated heterocycles. The lowest BCUT2D eigenvalue weighted by molar-refractivity contribution is 0.0432. The van der Waals surface area contributed by atoms with Crippen LogP contribution in [0.15, 0.2) is 36.4 Å². The first-order chi connectivity index (χ1) is 7.92. The molecule has 0 fully saturated rings. The number of hydrogen-bond donors (Lipinski definition) is 1. The minimum atomic E-state index is 0. The molecule has 1 aromatic carbocycles. The second-order valence-corrected chi connectivity index (χ2v) is 4.04. The Balaban J connectivity index is 0.00000144. The zero-order valence-corrected chi connectivity index (χ0v) is 11.0. The normalized spacial score (nSPS) is 18.8. The van der Waals surface area contributed by atoms with Crippen molar-refractivity contribution in [2.24, 2.45) is 0 Å². The van der Waals surface area contributed by atoms with Crippen LogP contribution in [0.1, 0.15) is 24.2 Å². The number of halogens is 1. The minimum Gasteiger partial charge on any atom is -0.372 e. The van der Waals surface area contributed by atoms with E-state index in [0.717, 1.165) is 26.1 Å². The van der Waals surface area contributed by atoms with Crippen molar-refractivity contribution >= 4 is 12.4 Å². The summed E-state index contributed by atoms with van der Waals surface area (Å²) in [6.45, 7) is 4.68. The summed E-state index contributed by atoms with van der Waals surface area (Å²) in [6.07, 6.45) is 5.44. The Labute approximate surface area is 109 Å². The zero-order chi connectivity index (χ0) is 11.2. The van der Waals surface area contributed by atoms with Crippen molar-refractivity contribution in [3.63, 3.8) is 0 Å². The molecule has 2 rings (SSSR count). The van der Waals surface area contributed by atoms with Gasteiger partial charge in [-0.05, 0) is 24.5 Å². The minimum absolute atomic E-state index is 0. The van der Waals surface area contributed by atoms with E-state index in [1.807, 2.05) is 6.92 Å². The Kier molecular flexibility index (Phi) is 6.27. The fourth-order valence-corrected chi connectivity index (χ4v) is 2.06. The Morgan fingerprint density at radius 2 is 2.24 bits per heavy atom. The van der Waals surface area contributed by atoms with Gasteiger partial charge < -0.3 is 10.1 Å². The van der Waals surface area contributed by atoms with Crippen molar-refractivity contribution in [2.45, 2.75) is 19.4 Å². The maximum Gasteiger partial charge on any atom is 0.0952 e. The van der Waals surface area contributed by atoms with Crippen molar-refractivity contribution in [1.29, 1.82) is 0 Å². The molecule has 17 heavy (non-hydrogen) atoms. The first kappa shape index (κ1) is 14.2. The van der Waals surface area contributed by atoms with Crippen molar-refractivity contribution in [1.82, 2.24) is 5.32 Å². The monoisotopic (exact) mass is 253 g/mol. The van der Waals surface area contributed by atoms with Crippen LogP contribution < -0.4 is 5.32 Å². The van der Waals surface area contributed by atoms with Gasteiger partial charge in [0.25, 0.3) is 0 Å². The molecule has 1 atom stereocenters. The first-order valence-corrected chi connectivity index (χ1v) is 5.93. The summed E-state index contributed by atoms with van der Waals surface area (Å²) < 4.78 is 5.80. The fourth-order valence-electron chi connectivity index (χ4n) is 2.06. The Bertz CT molecular complexity index is 365. The van der Waals surface area contributed by atoms with E-state index in [9.17, 15) is 0 Å². The molecule has 1 N–H and O–H groups in total. The highest BCUT2D eigenvalue weighted by atomic mass is 35.5. The summed E-state index contributed by atoms with van der Waals surface area (Å²) >= 11 is 0. The van der Waals surface area contributed by atoms with Crippen molar-refractivity contribution in [3.8, 4) is 0 Å². The number of rotatable bonds is 4. The van der Waals surface area contributed by atoms with Gasteiger partial charge in [-0.3, -0.25) is 0 Å². The van der Waals surface area contributed by atoms with Crippen molar-refractivity contribution in [2.75, 3.05) is 19.7 Å². The topological polar surface area (TPSA) is 21.3 Å². The van der Waals surface area contributed by atoms with Gasteiger partial charge in [-0.15, -0.1) is 12.4 Å². The average molecular weight is 254 g/mol. The molecule has 3 heteroatoms. The van der Waals surface area contributed by atoms with E-state index in [-0.39, 0.29) is 18.5 Å². The SMILES string of the molecule is C/C=C/CNCC1OCCc2ccccc21.Cl. The summed E-state index contributed by atoms with van der Waals surface area (Å²) in [6, 6.07) is 8.58. The third kappa shape index (κ3) is 3.84. The molecule has 0 bridgehead atoms. The lowest BCUT2D eigenvalue weighted by Crippen LogP contribution is -2.27.